The molecule has 0 fully saturated rings. The summed E-state index contributed by atoms with van der Waals surface area (Å²) in [6.07, 6.45) is 0. The lowest BCUT2D eigenvalue weighted by atomic mass is 9.96. The van der Waals surface area contributed by atoms with Crippen LogP contribution in [0, 0.1) is 11.7 Å². The van der Waals surface area contributed by atoms with E-state index in [2.05, 4.69) is 19.2 Å². The molecule has 0 saturated heterocycles. The summed E-state index contributed by atoms with van der Waals surface area (Å²) in [4.78, 5) is 24.2. The normalized spacial score (nSPS) is 12.0. The van der Waals surface area contributed by atoms with E-state index in [1.165, 1.54) is 23.9 Å². The van der Waals surface area contributed by atoms with Gasteiger partial charge in [-0.15, -0.1) is 11.8 Å². The second kappa shape index (κ2) is 10.1. The number of para-hydroxylation sites is 1. The van der Waals surface area contributed by atoms with Crippen molar-refractivity contribution in [2.75, 3.05) is 17.6 Å². The highest BCUT2D eigenvalue weighted by Crippen LogP contribution is 2.26. The van der Waals surface area contributed by atoms with E-state index < -0.39 is 5.91 Å². The molecule has 0 bridgehead atoms. The van der Waals surface area contributed by atoms with Gasteiger partial charge in [-0.05, 0) is 24.3 Å². The monoisotopic (exact) mass is 390 g/mol. The van der Waals surface area contributed by atoms with Gasteiger partial charge in [0.2, 0.25) is 5.91 Å². The van der Waals surface area contributed by atoms with Gasteiger partial charge in [-0.2, -0.15) is 0 Å². The first-order valence-electron chi connectivity index (χ1n) is 8.75. The maximum Gasteiger partial charge on any atom is 0.279 e. The molecule has 0 saturated carbocycles. The molecule has 27 heavy (non-hydrogen) atoms. The first-order valence-corrected chi connectivity index (χ1v) is 9.74. The average molecular weight is 391 g/mol. The topological polar surface area (TPSA) is 88.8 Å². The van der Waals surface area contributed by atoms with Crippen LogP contribution in [0.1, 0.15) is 25.5 Å². The Morgan fingerprint density at radius 3 is 2.44 bits per heavy atom. The second-order valence-electron chi connectivity index (χ2n) is 6.56. The molecule has 2 amide bonds. The van der Waals surface area contributed by atoms with E-state index in [0.29, 0.717) is 5.69 Å². The Labute approximate surface area is 162 Å². The van der Waals surface area contributed by atoms with Gasteiger partial charge in [-0.25, -0.2) is 4.39 Å². The molecule has 0 aliphatic carbocycles. The lowest BCUT2D eigenvalue weighted by Crippen LogP contribution is -2.88. The summed E-state index contributed by atoms with van der Waals surface area (Å²) >= 11 is 1.29. The Hall–Kier alpha value is -2.38. The third-order valence-electron chi connectivity index (χ3n) is 4.06. The molecule has 2 rings (SSSR count). The van der Waals surface area contributed by atoms with Gasteiger partial charge < -0.3 is 16.4 Å². The smallest absolute Gasteiger partial charge is 0.279 e. The summed E-state index contributed by atoms with van der Waals surface area (Å²) in [5.41, 5.74) is 6.83. The SMILES string of the molecule is CC(C)[C@H]([NH2+]CC(=O)Nc1ccccc1SCC(N)=O)c1ccc(F)cc1. The number of carbonyl (C=O) groups excluding carboxylic acids is 2. The van der Waals surface area contributed by atoms with Gasteiger partial charge in [-0.1, -0.05) is 38.1 Å². The maximum absolute atomic E-state index is 13.2. The maximum atomic E-state index is 13.2. The largest absolute Gasteiger partial charge is 0.369 e. The molecule has 0 unspecified atom stereocenters. The van der Waals surface area contributed by atoms with Crippen LogP contribution in [0.2, 0.25) is 0 Å². The van der Waals surface area contributed by atoms with Crippen LogP contribution in [-0.2, 0) is 9.59 Å². The van der Waals surface area contributed by atoms with Crippen LogP contribution in [0.4, 0.5) is 10.1 Å². The van der Waals surface area contributed by atoms with Crippen molar-refractivity contribution < 1.29 is 19.3 Å². The minimum absolute atomic E-state index is 0.0517. The van der Waals surface area contributed by atoms with Crippen molar-refractivity contribution >= 4 is 29.3 Å². The van der Waals surface area contributed by atoms with E-state index in [0.717, 1.165) is 10.5 Å². The number of thioether (sulfide) groups is 1. The minimum Gasteiger partial charge on any atom is -0.369 e. The molecular formula is C20H25FN3O2S+. The molecule has 0 spiro atoms. The van der Waals surface area contributed by atoms with Crippen LogP contribution < -0.4 is 16.4 Å². The third kappa shape index (κ3) is 6.69. The Bertz CT molecular complexity index is 781. The van der Waals surface area contributed by atoms with E-state index in [1.807, 2.05) is 23.5 Å². The zero-order chi connectivity index (χ0) is 19.8. The van der Waals surface area contributed by atoms with Gasteiger partial charge in [0.05, 0.1) is 11.4 Å². The lowest BCUT2D eigenvalue weighted by Gasteiger charge is -2.19. The molecule has 144 valence electrons. The van der Waals surface area contributed by atoms with Gasteiger partial charge in [0, 0.05) is 16.4 Å². The summed E-state index contributed by atoms with van der Waals surface area (Å²) in [6.45, 7) is 4.37. The predicted octanol–water partition coefficient (Wildman–Crippen LogP) is 2.30. The molecule has 2 aromatic carbocycles. The van der Waals surface area contributed by atoms with E-state index in [-0.39, 0.29) is 36.0 Å². The number of primary amides is 1. The van der Waals surface area contributed by atoms with E-state index >= 15 is 0 Å². The fourth-order valence-corrected chi connectivity index (χ4v) is 3.51. The quantitative estimate of drug-likeness (QED) is 0.574. The van der Waals surface area contributed by atoms with Crippen molar-refractivity contribution in [2.45, 2.75) is 24.8 Å². The molecule has 5 nitrogen and oxygen atoms in total. The zero-order valence-corrected chi connectivity index (χ0v) is 16.3. The van der Waals surface area contributed by atoms with Crippen molar-refractivity contribution in [1.82, 2.24) is 0 Å². The highest BCUT2D eigenvalue weighted by atomic mass is 32.2. The lowest BCUT2D eigenvalue weighted by molar-refractivity contribution is -0.692. The Morgan fingerprint density at radius 2 is 1.81 bits per heavy atom. The van der Waals surface area contributed by atoms with Crippen LogP contribution in [0.5, 0.6) is 0 Å². The van der Waals surface area contributed by atoms with Crippen LogP contribution in [-0.4, -0.2) is 24.1 Å². The van der Waals surface area contributed by atoms with Gasteiger partial charge in [-0.3, -0.25) is 9.59 Å². The zero-order valence-electron chi connectivity index (χ0n) is 15.4. The van der Waals surface area contributed by atoms with Gasteiger partial charge >= 0.3 is 0 Å². The van der Waals surface area contributed by atoms with Crippen molar-refractivity contribution in [3.63, 3.8) is 0 Å². The Kier molecular flexibility index (Phi) is 7.82. The molecule has 1 atom stereocenters. The fourth-order valence-electron chi connectivity index (χ4n) is 2.76. The number of amides is 2. The number of benzene rings is 2. The molecule has 0 aliphatic rings. The average Bonchev–Trinajstić information content (AvgIpc) is 2.62. The van der Waals surface area contributed by atoms with Crippen molar-refractivity contribution in [3.8, 4) is 0 Å². The van der Waals surface area contributed by atoms with Crippen LogP contribution in [0.3, 0.4) is 0 Å². The fraction of sp³-hybridized carbons (Fsp3) is 0.300. The first kappa shape index (κ1) is 20.9. The second-order valence-corrected chi connectivity index (χ2v) is 7.58. The summed E-state index contributed by atoms with van der Waals surface area (Å²) < 4.78 is 13.2. The molecule has 5 N–H and O–H groups in total. The number of halogens is 1. The molecule has 7 heteroatoms. The number of anilines is 1. The standard InChI is InChI=1S/C20H24FN3O2S/c1-13(2)20(14-7-9-15(21)10-8-14)23-11-19(26)24-16-5-3-4-6-17(16)27-12-18(22)25/h3-10,13,20,23H,11-12H2,1-2H3,(H2,22,25)(H,24,26)/p+1/t20-/m0/s1. The molecule has 0 radical (unpaired) electrons. The van der Waals surface area contributed by atoms with Gasteiger partial charge in [0.15, 0.2) is 6.54 Å². The Balaban J connectivity index is 1.98. The molecule has 0 aliphatic heterocycles. The Morgan fingerprint density at radius 1 is 1.15 bits per heavy atom. The van der Waals surface area contributed by atoms with Crippen LogP contribution in [0.25, 0.3) is 0 Å². The minimum atomic E-state index is -0.409. The molecular weight excluding hydrogens is 365 g/mol. The number of nitrogens with two attached hydrogens (primary N) is 2. The summed E-state index contributed by atoms with van der Waals surface area (Å²) in [7, 11) is 0. The number of nitrogens with one attached hydrogen (secondary N) is 1. The number of hydrogen-bond donors (Lipinski definition) is 3. The van der Waals surface area contributed by atoms with E-state index in [4.69, 9.17) is 5.73 Å². The molecule has 0 heterocycles. The number of rotatable bonds is 9. The van der Waals surface area contributed by atoms with Crippen LogP contribution >= 0.6 is 11.8 Å². The van der Waals surface area contributed by atoms with Crippen LogP contribution in [0.15, 0.2) is 53.4 Å². The summed E-state index contributed by atoms with van der Waals surface area (Å²) in [6, 6.07) is 13.7. The number of quaternary nitrogens is 1. The summed E-state index contributed by atoms with van der Waals surface area (Å²) in [5, 5.41) is 4.84. The van der Waals surface area contributed by atoms with E-state index in [1.54, 1.807) is 18.2 Å². The highest BCUT2D eigenvalue weighted by Gasteiger charge is 2.21. The first-order chi connectivity index (χ1) is 12.9. The van der Waals surface area contributed by atoms with Gasteiger partial charge in [0.25, 0.3) is 5.91 Å². The van der Waals surface area contributed by atoms with Crippen molar-refractivity contribution in [2.24, 2.45) is 11.7 Å². The van der Waals surface area contributed by atoms with Crippen molar-refractivity contribution in [3.05, 3.63) is 59.9 Å². The number of hydrogen-bond acceptors (Lipinski definition) is 3. The number of carbonyl (C=O) groups is 2. The van der Waals surface area contributed by atoms with Crippen molar-refractivity contribution in [1.29, 1.82) is 0 Å². The predicted molar refractivity (Wildman–Crippen MR) is 106 cm³/mol. The molecule has 2 aromatic rings. The molecule has 0 aromatic heterocycles. The van der Waals surface area contributed by atoms with E-state index in [9.17, 15) is 14.0 Å². The van der Waals surface area contributed by atoms with Gasteiger partial charge in [0.1, 0.15) is 11.9 Å². The highest BCUT2D eigenvalue weighted by molar-refractivity contribution is 8.00. The summed E-state index contributed by atoms with van der Waals surface area (Å²) in [5.74, 6) is -0.395. The third-order valence-corrected chi connectivity index (χ3v) is 5.16.